The molecular weight excluding hydrogens is 331 g/mol. The topological polar surface area (TPSA) is 46.6 Å². The Morgan fingerprint density at radius 2 is 1.95 bits per heavy atom. The number of Topliss-reactive ketones (excluding diaryl/α,β-unsaturated/α-hetero) is 1. The summed E-state index contributed by atoms with van der Waals surface area (Å²) in [6.45, 7) is 0.0491. The van der Waals surface area contributed by atoms with Gasteiger partial charge < -0.3 is 9.64 Å². The van der Waals surface area contributed by atoms with Crippen molar-refractivity contribution in [2.24, 2.45) is 0 Å². The van der Waals surface area contributed by atoms with Gasteiger partial charge in [0.1, 0.15) is 0 Å². The van der Waals surface area contributed by atoms with E-state index in [2.05, 4.69) is 20.7 Å². The van der Waals surface area contributed by atoms with Crippen LogP contribution in [0.2, 0.25) is 0 Å². The van der Waals surface area contributed by atoms with Crippen LogP contribution in [0.3, 0.4) is 0 Å². The zero-order valence-electron chi connectivity index (χ0n) is 9.33. The van der Waals surface area contributed by atoms with Crippen LogP contribution in [0.1, 0.15) is 6.42 Å². The van der Waals surface area contributed by atoms with Gasteiger partial charge in [0, 0.05) is 17.4 Å². The molecule has 1 amide bonds. The number of alkyl halides is 3. The second-order valence-corrected chi connectivity index (χ2v) is 4.71. The Balaban J connectivity index is 2.40. The molecule has 1 saturated heterocycles. The highest BCUT2D eigenvalue weighted by Crippen LogP contribution is 2.36. The largest absolute Gasteiger partial charge is 0.573 e. The Bertz CT molecular complexity index is 544. The third kappa shape index (κ3) is 3.06. The number of carbonyl (C=O) groups excluding carboxylic acids is 2. The smallest absolute Gasteiger partial charge is 0.404 e. The van der Waals surface area contributed by atoms with Crippen LogP contribution in [-0.4, -0.2) is 24.6 Å². The van der Waals surface area contributed by atoms with Gasteiger partial charge in [0.05, 0.1) is 5.69 Å². The number of rotatable bonds is 2. The molecule has 0 N–H and O–H groups in total. The number of ketones is 1. The van der Waals surface area contributed by atoms with Gasteiger partial charge in [0.25, 0.3) is 5.91 Å². The van der Waals surface area contributed by atoms with E-state index in [0.29, 0.717) is 4.47 Å². The molecule has 1 heterocycles. The lowest BCUT2D eigenvalue weighted by Gasteiger charge is -2.20. The molecule has 1 aromatic rings. The highest BCUT2D eigenvalue weighted by atomic mass is 79.9. The molecule has 0 aliphatic carbocycles. The molecule has 19 heavy (non-hydrogen) atoms. The van der Waals surface area contributed by atoms with Gasteiger partial charge in [0.15, 0.2) is 5.75 Å². The molecule has 1 aliphatic heterocycles. The normalized spacial score (nSPS) is 16.1. The minimum atomic E-state index is -4.87. The van der Waals surface area contributed by atoms with Crippen LogP contribution >= 0.6 is 15.9 Å². The van der Waals surface area contributed by atoms with Gasteiger partial charge in [-0.1, -0.05) is 15.9 Å². The molecule has 0 atom stereocenters. The summed E-state index contributed by atoms with van der Waals surface area (Å²) in [7, 11) is 0. The Labute approximate surface area is 114 Å². The highest BCUT2D eigenvalue weighted by Gasteiger charge is 2.36. The molecule has 1 aromatic carbocycles. The maximum atomic E-state index is 12.3. The van der Waals surface area contributed by atoms with Crippen LogP contribution in [0.4, 0.5) is 18.9 Å². The fraction of sp³-hybridized carbons (Fsp3) is 0.273. The minimum Gasteiger partial charge on any atom is -0.404 e. The van der Waals surface area contributed by atoms with Crippen molar-refractivity contribution in [3.63, 3.8) is 0 Å². The predicted octanol–water partition coefficient (Wildman–Crippen LogP) is 2.65. The molecule has 102 valence electrons. The first-order valence-corrected chi connectivity index (χ1v) is 5.97. The average Bonchev–Trinajstić information content (AvgIpc) is 2.58. The first-order chi connectivity index (χ1) is 8.78. The zero-order chi connectivity index (χ0) is 14.2. The summed E-state index contributed by atoms with van der Waals surface area (Å²) in [6.07, 6.45) is -4.89. The number of amides is 1. The lowest BCUT2D eigenvalue weighted by atomic mass is 10.2. The Hall–Kier alpha value is -1.57. The van der Waals surface area contributed by atoms with Gasteiger partial charge in [-0.2, -0.15) is 0 Å². The van der Waals surface area contributed by atoms with E-state index in [1.54, 1.807) is 0 Å². The molecule has 0 aromatic heterocycles. The van der Waals surface area contributed by atoms with E-state index in [0.717, 1.165) is 11.0 Å². The lowest BCUT2D eigenvalue weighted by Crippen LogP contribution is -2.28. The third-order valence-corrected chi connectivity index (χ3v) is 2.98. The van der Waals surface area contributed by atoms with Gasteiger partial charge in [-0.3, -0.25) is 9.59 Å². The summed E-state index contributed by atoms with van der Waals surface area (Å²) >= 11 is 3.02. The van der Waals surface area contributed by atoms with Crippen molar-refractivity contribution in [2.75, 3.05) is 11.4 Å². The zero-order valence-corrected chi connectivity index (χ0v) is 10.9. The Morgan fingerprint density at radius 1 is 1.26 bits per heavy atom. The fourth-order valence-corrected chi connectivity index (χ4v) is 2.06. The first-order valence-electron chi connectivity index (χ1n) is 5.18. The number of ether oxygens (including phenoxy) is 1. The molecule has 0 bridgehead atoms. The van der Waals surface area contributed by atoms with E-state index >= 15 is 0 Å². The van der Waals surface area contributed by atoms with Crippen LogP contribution in [0, 0.1) is 0 Å². The van der Waals surface area contributed by atoms with Crippen molar-refractivity contribution in [3.05, 3.63) is 22.7 Å². The van der Waals surface area contributed by atoms with Crippen molar-refractivity contribution in [2.45, 2.75) is 12.8 Å². The summed E-state index contributed by atoms with van der Waals surface area (Å²) in [5.74, 6) is -1.97. The molecule has 0 unspecified atom stereocenters. The summed E-state index contributed by atoms with van der Waals surface area (Å²) < 4.78 is 41.2. The van der Waals surface area contributed by atoms with Crippen molar-refractivity contribution in [1.82, 2.24) is 0 Å². The molecule has 4 nitrogen and oxygen atoms in total. The number of carbonyl (C=O) groups is 2. The number of hydrogen-bond donors (Lipinski definition) is 0. The van der Waals surface area contributed by atoms with Crippen LogP contribution in [0.25, 0.3) is 0 Å². The molecule has 0 spiro atoms. The summed E-state index contributed by atoms with van der Waals surface area (Å²) in [6, 6.07) is 3.86. The maximum absolute atomic E-state index is 12.3. The number of halogens is 4. The number of nitrogens with zero attached hydrogens (tertiary/aromatic N) is 1. The van der Waals surface area contributed by atoms with Gasteiger partial charge in [-0.15, -0.1) is 13.2 Å². The Morgan fingerprint density at radius 3 is 2.47 bits per heavy atom. The van der Waals surface area contributed by atoms with E-state index in [9.17, 15) is 22.8 Å². The summed E-state index contributed by atoms with van der Waals surface area (Å²) in [4.78, 5) is 23.7. The van der Waals surface area contributed by atoms with Crippen molar-refractivity contribution >= 4 is 33.3 Å². The van der Waals surface area contributed by atoms with Gasteiger partial charge >= 0.3 is 6.36 Å². The van der Waals surface area contributed by atoms with E-state index < -0.39 is 23.8 Å². The SMILES string of the molecule is O=C1CCN(c2ccc(Br)cc2OC(F)(F)F)C1=O. The van der Waals surface area contributed by atoms with E-state index in [4.69, 9.17) is 0 Å². The van der Waals surface area contributed by atoms with E-state index in [1.807, 2.05) is 0 Å². The van der Waals surface area contributed by atoms with Gasteiger partial charge in [-0.05, 0) is 18.2 Å². The molecular formula is C11H7BrF3NO3. The summed E-state index contributed by atoms with van der Waals surface area (Å²) in [5.41, 5.74) is -0.0728. The minimum absolute atomic E-state index is 0.0135. The molecule has 2 rings (SSSR count). The monoisotopic (exact) mass is 337 g/mol. The molecule has 1 aliphatic rings. The van der Waals surface area contributed by atoms with Crippen LogP contribution in [0.15, 0.2) is 22.7 Å². The lowest BCUT2D eigenvalue weighted by molar-refractivity contribution is -0.274. The number of hydrogen-bond acceptors (Lipinski definition) is 3. The fourth-order valence-electron chi connectivity index (χ4n) is 1.72. The molecule has 1 fully saturated rings. The first kappa shape index (κ1) is 13.9. The average molecular weight is 338 g/mol. The molecule has 0 radical (unpaired) electrons. The molecule has 8 heteroatoms. The second kappa shape index (κ2) is 4.84. The van der Waals surface area contributed by atoms with Crippen LogP contribution < -0.4 is 9.64 Å². The van der Waals surface area contributed by atoms with E-state index in [1.165, 1.54) is 12.1 Å². The van der Waals surface area contributed by atoms with Crippen molar-refractivity contribution < 1.29 is 27.5 Å². The maximum Gasteiger partial charge on any atom is 0.573 e. The predicted molar refractivity (Wildman–Crippen MR) is 62.8 cm³/mol. The quantitative estimate of drug-likeness (QED) is 0.779. The summed E-state index contributed by atoms with van der Waals surface area (Å²) in [5, 5.41) is 0. The third-order valence-electron chi connectivity index (χ3n) is 2.48. The standard InChI is InChI=1S/C11H7BrF3NO3/c12-6-1-2-7(9(5-6)19-11(13,14)15)16-4-3-8(17)10(16)18/h1-2,5H,3-4H2. The van der Waals surface area contributed by atoms with Gasteiger partial charge in [-0.25, -0.2) is 0 Å². The number of anilines is 1. The molecule has 0 saturated carbocycles. The van der Waals surface area contributed by atoms with E-state index in [-0.39, 0.29) is 18.7 Å². The van der Waals surface area contributed by atoms with Crippen molar-refractivity contribution in [1.29, 1.82) is 0 Å². The van der Waals surface area contributed by atoms with Crippen molar-refractivity contribution in [3.8, 4) is 5.75 Å². The van der Waals surface area contributed by atoms with Gasteiger partial charge in [0.2, 0.25) is 5.78 Å². The number of benzene rings is 1. The van der Waals surface area contributed by atoms with Crippen LogP contribution in [-0.2, 0) is 9.59 Å². The van der Waals surface area contributed by atoms with Crippen LogP contribution in [0.5, 0.6) is 5.75 Å². The highest BCUT2D eigenvalue weighted by molar-refractivity contribution is 9.10. The second-order valence-electron chi connectivity index (χ2n) is 3.79. The Kier molecular flexibility index (Phi) is 3.53.